The molecule has 0 aromatic heterocycles. The largest absolute Gasteiger partial charge is 0.339 e. The summed E-state index contributed by atoms with van der Waals surface area (Å²) in [4.78, 5) is 28.2. The van der Waals surface area contributed by atoms with Crippen LogP contribution in [0.1, 0.15) is 37.3 Å². The molecular formula is C20H25N3O2. The highest BCUT2D eigenvalue weighted by molar-refractivity contribution is 5.87. The van der Waals surface area contributed by atoms with Crippen molar-refractivity contribution in [2.24, 2.45) is 5.92 Å². The van der Waals surface area contributed by atoms with Crippen molar-refractivity contribution in [2.75, 3.05) is 19.6 Å². The van der Waals surface area contributed by atoms with E-state index in [-0.39, 0.29) is 17.7 Å². The van der Waals surface area contributed by atoms with E-state index in [1.807, 2.05) is 17.0 Å². The van der Waals surface area contributed by atoms with Crippen LogP contribution in [0.4, 0.5) is 0 Å². The Morgan fingerprint density at radius 2 is 1.96 bits per heavy atom. The Bertz CT molecular complexity index is 653. The maximum absolute atomic E-state index is 12.9. The molecule has 132 valence electrons. The average Bonchev–Trinajstić information content (AvgIpc) is 2.67. The number of rotatable bonds is 6. The highest BCUT2D eigenvalue weighted by atomic mass is 16.2. The molecule has 25 heavy (non-hydrogen) atoms. The van der Waals surface area contributed by atoms with E-state index in [9.17, 15) is 9.59 Å². The van der Waals surface area contributed by atoms with Gasteiger partial charge in [-0.1, -0.05) is 25.6 Å². The topological polar surface area (TPSA) is 64.4 Å². The molecule has 0 radical (unpaired) electrons. The number of carbonyl (C=O) groups excluding carboxylic acids is 2. The van der Waals surface area contributed by atoms with Gasteiger partial charge in [-0.25, -0.2) is 0 Å². The molecule has 2 rings (SSSR count). The monoisotopic (exact) mass is 339 g/mol. The van der Waals surface area contributed by atoms with Crippen LogP contribution in [0.15, 0.2) is 36.9 Å². The molecule has 1 aromatic carbocycles. The molecule has 0 atom stereocenters. The molecule has 5 nitrogen and oxygen atoms in total. The minimum Gasteiger partial charge on any atom is -0.339 e. The lowest BCUT2D eigenvalue weighted by atomic mass is 9.94. The molecule has 1 aromatic rings. The number of nitrogens with zero attached hydrogens (tertiary/aromatic N) is 3. The minimum atomic E-state index is -0.0612. The molecule has 1 fully saturated rings. The van der Waals surface area contributed by atoms with Crippen molar-refractivity contribution in [3.63, 3.8) is 0 Å². The summed E-state index contributed by atoms with van der Waals surface area (Å²) in [5.41, 5.74) is 1.65. The number of nitriles is 1. The fourth-order valence-electron chi connectivity index (χ4n) is 3.18. The van der Waals surface area contributed by atoms with Crippen LogP contribution in [0.25, 0.3) is 0 Å². The number of amides is 2. The first-order chi connectivity index (χ1) is 12.1. The van der Waals surface area contributed by atoms with Crippen LogP contribution in [-0.4, -0.2) is 41.2 Å². The van der Waals surface area contributed by atoms with Crippen LogP contribution in [0.2, 0.25) is 0 Å². The van der Waals surface area contributed by atoms with E-state index in [0.717, 1.165) is 12.0 Å². The molecule has 0 aliphatic carbocycles. The minimum absolute atomic E-state index is 0.0289. The van der Waals surface area contributed by atoms with Crippen LogP contribution in [0, 0.1) is 17.2 Å². The number of benzene rings is 1. The van der Waals surface area contributed by atoms with Gasteiger partial charge in [0.25, 0.3) is 0 Å². The quantitative estimate of drug-likeness (QED) is 0.749. The first-order valence-corrected chi connectivity index (χ1v) is 8.78. The third-order valence-electron chi connectivity index (χ3n) is 4.59. The predicted octanol–water partition coefficient (Wildman–Crippen LogP) is 2.72. The molecule has 0 unspecified atom stereocenters. The van der Waals surface area contributed by atoms with E-state index in [4.69, 9.17) is 5.26 Å². The molecule has 5 heteroatoms. The van der Waals surface area contributed by atoms with E-state index < -0.39 is 0 Å². The summed E-state index contributed by atoms with van der Waals surface area (Å²) < 4.78 is 0. The normalized spacial score (nSPS) is 14.6. The highest BCUT2D eigenvalue weighted by Gasteiger charge is 2.29. The molecule has 0 saturated carbocycles. The summed E-state index contributed by atoms with van der Waals surface area (Å²) in [7, 11) is 0. The lowest BCUT2D eigenvalue weighted by Crippen LogP contribution is -2.44. The third kappa shape index (κ3) is 4.93. The molecule has 0 spiro atoms. The van der Waals surface area contributed by atoms with Gasteiger partial charge in [-0.15, -0.1) is 0 Å². The smallest absolute Gasteiger partial charge is 0.245 e. The van der Waals surface area contributed by atoms with Crippen molar-refractivity contribution in [3.8, 4) is 6.07 Å². The molecular weight excluding hydrogens is 314 g/mol. The van der Waals surface area contributed by atoms with Gasteiger partial charge in [0.05, 0.1) is 11.6 Å². The lowest BCUT2D eigenvalue weighted by molar-refractivity contribution is -0.140. The van der Waals surface area contributed by atoms with Crippen molar-refractivity contribution in [1.82, 2.24) is 9.80 Å². The first-order valence-electron chi connectivity index (χ1n) is 8.78. The van der Waals surface area contributed by atoms with Gasteiger partial charge >= 0.3 is 0 Å². The fourth-order valence-corrected chi connectivity index (χ4v) is 3.18. The second kappa shape index (κ2) is 9.03. The van der Waals surface area contributed by atoms with Crippen molar-refractivity contribution >= 4 is 11.8 Å². The van der Waals surface area contributed by atoms with Crippen LogP contribution in [-0.2, 0) is 16.1 Å². The Kier molecular flexibility index (Phi) is 6.76. The number of hydrogen-bond donors (Lipinski definition) is 0. The third-order valence-corrected chi connectivity index (χ3v) is 4.59. The van der Waals surface area contributed by atoms with Gasteiger partial charge in [-0.05, 0) is 43.0 Å². The second-order valence-electron chi connectivity index (χ2n) is 6.37. The molecule has 1 aliphatic heterocycles. The van der Waals surface area contributed by atoms with Gasteiger partial charge < -0.3 is 9.80 Å². The summed E-state index contributed by atoms with van der Waals surface area (Å²) in [6.07, 6.45) is 3.63. The number of carbonyl (C=O) groups is 2. The standard InChI is InChI=1S/C20H25N3O2/c1-3-11-23(15-17-7-5-16(14-21)6-8-17)20(25)18-9-12-22(13-10-18)19(24)4-2/h4-8,18H,2-3,9-13,15H2,1H3. The Balaban J connectivity index is 1.99. The molecule has 2 amide bonds. The van der Waals surface area contributed by atoms with Gasteiger partial charge in [-0.2, -0.15) is 5.26 Å². The van der Waals surface area contributed by atoms with Gasteiger partial charge in [0, 0.05) is 32.1 Å². The second-order valence-corrected chi connectivity index (χ2v) is 6.37. The van der Waals surface area contributed by atoms with Crippen LogP contribution < -0.4 is 0 Å². The highest BCUT2D eigenvalue weighted by Crippen LogP contribution is 2.21. The van der Waals surface area contributed by atoms with Gasteiger partial charge in [0.15, 0.2) is 0 Å². The summed E-state index contributed by atoms with van der Waals surface area (Å²) in [5, 5.41) is 8.88. The van der Waals surface area contributed by atoms with Gasteiger partial charge in [-0.3, -0.25) is 9.59 Å². The maximum atomic E-state index is 12.9. The molecule has 1 heterocycles. The maximum Gasteiger partial charge on any atom is 0.245 e. The van der Waals surface area contributed by atoms with E-state index in [0.29, 0.717) is 44.6 Å². The summed E-state index contributed by atoms with van der Waals surface area (Å²) >= 11 is 0. The van der Waals surface area contributed by atoms with Gasteiger partial charge in [0.1, 0.15) is 0 Å². The van der Waals surface area contributed by atoms with Crippen LogP contribution in [0.3, 0.4) is 0 Å². The fraction of sp³-hybridized carbons (Fsp3) is 0.450. The van der Waals surface area contributed by atoms with Crippen molar-refractivity contribution in [1.29, 1.82) is 5.26 Å². The zero-order chi connectivity index (χ0) is 18.2. The van der Waals surface area contributed by atoms with E-state index >= 15 is 0 Å². The molecule has 0 bridgehead atoms. The van der Waals surface area contributed by atoms with Crippen LogP contribution >= 0.6 is 0 Å². The van der Waals surface area contributed by atoms with Crippen LogP contribution in [0.5, 0.6) is 0 Å². The molecule has 1 aliphatic rings. The summed E-state index contributed by atoms with van der Waals surface area (Å²) in [6.45, 7) is 8.07. The SMILES string of the molecule is C=CC(=O)N1CCC(C(=O)N(CCC)Cc2ccc(C#N)cc2)CC1. The number of piperidine rings is 1. The van der Waals surface area contributed by atoms with Gasteiger partial charge in [0.2, 0.25) is 11.8 Å². The zero-order valence-electron chi connectivity index (χ0n) is 14.8. The van der Waals surface area contributed by atoms with Crippen molar-refractivity contribution in [3.05, 3.63) is 48.0 Å². The Labute approximate surface area is 149 Å². The van der Waals surface area contributed by atoms with Crippen molar-refractivity contribution < 1.29 is 9.59 Å². The van der Waals surface area contributed by atoms with Crippen molar-refractivity contribution in [2.45, 2.75) is 32.7 Å². The summed E-state index contributed by atoms with van der Waals surface area (Å²) in [6, 6.07) is 9.47. The van der Waals surface area contributed by atoms with E-state index in [1.54, 1.807) is 17.0 Å². The molecule has 1 saturated heterocycles. The Morgan fingerprint density at radius 3 is 2.48 bits per heavy atom. The molecule has 0 N–H and O–H groups in total. The average molecular weight is 339 g/mol. The lowest BCUT2D eigenvalue weighted by Gasteiger charge is -2.34. The summed E-state index contributed by atoms with van der Waals surface area (Å²) in [5.74, 6) is 0.0737. The Hall–Kier alpha value is -2.61. The zero-order valence-corrected chi connectivity index (χ0v) is 14.8. The van der Waals surface area contributed by atoms with E-state index in [2.05, 4.69) is 19.6 Å². The number of likely N-dealkylation sites (tertiary alicyclic amines) is 1. The predicted molar refractivity (Wildman–Crippen MR) is 96.4 cm³/mol. The van der Waals surface area contributed by atoms with E-state index in [1.165, 1.54) is 6.08 Å². The first kappa shape index (κ1) is 18.7. The number of hydrogen-bond acceptors (Lipinski definition) is 3. The Morgan fingerprint density at radius 1 is 1.32 bits per heavy atom.